The summed E-state index contributed by atoms with van der Waals surface area (Å²) in [4.78, 5) is 25.6. The molecule has 0 atom stereocenters. The summed E-state index contributed by atoms with van der Waals surface area (Å²) in [5.41, 5.74) is 1.54. The molecule has 0 fully saturated rings. The van der Waals surface area contributed by atoms with Crippen LogP contribution in [0.5, 0.6) is 0 Å². The van der Waals surface area contributed by atoms with Gasteiger partial charge < -0.3 is 10.1 Å². The van der Waals surface area contributed by atoms with Gasteiger partial charge in [0, 0.05) is 17.8 Å². The third-order valence-corrected chi connectivity index (χ3v) is 3.56. The van der Waals surface area contributed by atoms with Crippen molar-refractivity contribution >= 4 is 17.6 Å². The summed E-state index contributed by atoms with van der Waals surface area (Å²) in [5, 5.41) is 2.75. The van der Waals surface area contributed by atoms with Gasteiger partial charge in [0.15, 0.2) is 0 Å². The van der Waals surface area contributed by atoms with Gasteiger partial charge >= 0.3 is 5.97 Å². The molecular weight excluding hydrogens is 335 g/mol. The van der Waals surface area contributed by atoms with E-state index in [0.29, 0.717) is 23.4 Å². The van der Waals surface area contributed by atoms with E-state index in [0.717, 1.165) is 0 Å². The average Bonchev–Trinajstić information content (AvgIpc) is 2.56. The number of nitrogens with zero attached hydrogens (tertiary/aromatic N) is 1. The zero-order valence-corrected chi connectivity index (χ0v) is 15.2. The van der Waals surface area contributed by atoms with Crippen LogP contribution in [0.4, 0.5) is 10.1 Å². The summed E-state index contributed by atoms with van der Waals surface area (Å²) in [6.45, 7) is 4.01. The number of likely N-dealkylation sites (N-methyl/N-ethyl adjacent to an activating group) is 1. The van der Waals surface area contributed by atoms with Crippen LogP contribution in [0.1, 0.15) is 29.8 Å². The quantitative estimate of drug-likeness (QED) is 0.770. The Labute approximate surface area is 152 Å². The van der Waals surface area contributed by atoms with E-state index in [-0.39, 0.29) is 24.4 Å². The molecule has 6 heteroatoms. The topological polar surface area (TPSA) is 58.6 Å². The fraction of sp³-hybridized carbons (Fsp3) is 0.300. The third kappa shape index (κ3) is 5.97. The maximum Gasteiger partial charge on any atom is 0.338 e. The number of anilines is 1. The van der Waals surface area contributed by atoms with Crippen molar-refractivity contribution in [3.05, 3.63) is 65.5 Å². The molecule has 138 valence electrons. The van der Waals surface area contributed by atoms with Crippen LogP contribution in [0.15, 0.2) is 48.5 Å². The minimum absolute atomic E-state index is 0.117. The van der Waals surface area contributed by atoms with Crippen molar-refractivity contribution in [3.63, 3.8) is 0 Å². The van der Waals surface area contributed by atoms with E-state index in [1.165, 1.54) is 6.07 Å². The van der Waals surface area contributed by atoms with Crippen molar-refractivity contribution in [1.29, 1.82) is 0 Å². The zero-order valence-electron chi connectivity index (χ0n) is 15.2. The molecule has 0 saturated heterocycles. The summed E-state index contributed by atoms with van der Waals surface area (Å²) in [6, 6.07) is 13.0. The number of carbonyl (C=O) groups excluding carboxylic acids is 2. The van der Waals surface area contributed by atoms with Crippen LogP contribution in [0.25, 0.3) is 0 Å². The van der Waals surface area contributed by atoms with Crippen LogP contribution in [0, 0.1) is 5.82 Å². The Morgan fingerprint density at radius 1 is 1.12 bits per heavy atom. The minimum Gasteiger partial charge on any atom is -0.459 e. The molecule has 0 bridgehead atoms. The molecule has 1 N–H and O–H groups in total. The van der Waals surface area contributed by atoms with Crippen LogP contribution in [0.2, 0.25) is 0 Å². The lowest BCUT2D eigenvalue weighted by Crippen LogP contribution is -2.30. The predicted molar refractivity (Wildman–Crippen MR) is 98.4 cm³/mol. The van der Waals surface area contributed by atoms with E-state index in [1.54, 1.807) is 68.3 Å². The van der Waals surface area contributed by atoms with Gasteiger partial charge in [-0.2, -0.15) is 0 Å². The lowest BCUT2D eigenvalue weighted by Gasteiger charge is -2.17. The Kier molecular flexibility index (Phi) is 6.86. The molecule has 0 radical (unpaired) electrons. The summed E-state index contributed by atoms with van der Waals surface area (Å²) in [5.74, 6) is -0.910. The highest BCUT2D eigenvalue weighted by atomic mass is 19.1. The SMILES string of the molecule is CC(C)OC(=O)c1ccc(NC(=O)CN(C)Cc2ccccc2F)cc1. The first-order valence-electron chi connectivity index (χ1n) is 8.38. The molecule has 2 rings (SSSR count). The molecule has 26 heavy (non-hydrogen) atoms. The number of esters is 1. The third-order valence-electron chi connectivity index (χ3n) is 3.56. The van der Waals surface area contributed by atoms with E-state index in [4.69, 9.17) is 4.74 Å². The molecule has 0 aliphatic heterocycles. The largest absolute Gasteiger partial charge is 0.459 e. The zero-order chi connectivity index (χ0) is 19.1. The maximum atomic E-state index is 13.7. The molecule has 0 heterocycles. The van der Waals surface area contributed by atoms with E-state index in [1.807, 2.05) is 0 Å². The summed E-state index contributed by atoms with van der Waals surface area (Å²) in [7, 11) is 1.75. The van der Waals surface area contributed by atoms with Gasteiger partial charge in [-0.3, -0.25) is 9.69 Å². The lowest BCUT2D eigenvalue weighted by molar-refractivity contribution is -0.117. The van der Waals surface area contributed by atoms with Gasteiger partial charge in [0.25, 0.3) is 0 Å². The number of rotatable bonds is 7. The van der Waals surface area contributed by atoms with E-state index < -0.39 is 5.97 Å². The summed E-state index contributed by atoms with van der Waals surface area (Å²) >= 11 is 0. The molecule has 0 aromatic heterocycles. The molecule has 2 aromatic carbocycles. The maximum absolute atomic E-state index is 13.7. The van der Waals surface area contributed by atoms with Gasteiger partial charge in [-0.25, -0.2) is 9.18 Å². The second-order valence-electron chi connectivity index (χ2n) is 6.34. The monoisotopic (exact) mass is 358 g/mol. The van der Waals surface area contributed by atoms with E-state index >= 15 is 0 Å². The fourth-order valence-corrected chi connectivity index (χ4v) is 2.39. The Balaban J connectivity index is 1.87. The van der Waals surface area contributed by atoms with Gasteiger partial charge in [0.2, 0.25) is 5.91 Å². The highest BCUT2D eigenvalue weighted by Gasteiger charge is 2.11. The van der Waals surface area contributed by atoms with Crippen molar-refractivity contribution in [3.8, 4) is 0 Å². The van der Waals surface area contributed by atoms with Gasteiger partial charge in [-0.15, -0.1) is 0 Å². The Morgan fingerprint density at radius 2 is 1.77 bits per heavy atom. The molecular formula is C20H23FN2O3. The fourth-order valence-electron chi connectivity index (χ4n) is 2.39. The first-order valence-corrected chi connectivity index (χ1v) is 8.38. The van der Waals surface area contributed by atoms with Crippen molar-refractivity contribution in [2.45, 2.75) is 26.5 Å². The highest BCUT2D eigenvalue weighted by Crippen LogP contribution is 2.12. The molecule has 0 spiro atoms. The number of ether oxygens (including phenoxy) is 1. The second kappa shape index (κ2) is 9.10. The number of carbonyl (C=O) groups is 2. The van der Waals surface area contributed by atoms with Gasteiger partial charge in [0.1, 0.15) is 5.82 Å². The molecule has 0 aliphatic carbocycles. The van der Waals surface area contributed by atoms with Crippen molar-refractivity contribution in [2.75, 3.05) is 18.9 Å². The first-order chi connectivity index (χ1) is 12.3. The molecule has 0 aliphatic rings. The molecule has 5 nitrogen and oxygen atoms in total. The molecule has 1 amide bonds. The minimum atomic E-state index is -0.400. The number of nitrogens with one attached hydrogen (secondary N) is 1. The lowest BCUT2D eigenvalue weighted by atomic mass is 10.2. The summed E-state index contributed by atoms with van der Waals surface area (Å²) in [6.07, 6.45) is -0.188. The van der Waals surface area contributed by atoms with Gasteiger partial charge in [-0.1, -0.05) is 18.2 Å². The van der Waals surface area contributed by atoms with Crippen molar-refractivity contribution in [2.24, 2.45) is 0 Å². The molecule has 0 saturated carbocycles. The molecule has 2 aromatic rings. The van der Waals surface area contributed by atoms with Crippen molar-refractivity contribution < 1.29 is 18.7 Å². The van der Waals surface area contributed by atoms with Crippen LogP contribution in [-0.2, 0) is 16.1 Å². The average molecular weight is 358 g/mol. The molecule has 0 unspecified atom stereocenters. The Morgan fingerprint density at radius 3 is 2.38 bits per heavy atom. The van der Waals surface area contributed by atoms with E-state index in [2.05, 4.69) is 5.32 Å². The Hall–Kier alpha value is -2.73. The summed E-state index contributed by atoms with van der Waals surface area (Å²) < 4.78 is 18.8. The number of benzene rings is 2. The number of halogens is 1. The predicted octanol–water partition coefficient (Wildman–Crippen LogP) is 3.46. The number of amides is 1. The highest BCUT2D eigenvalue weighted by molar-refractivity contribution is 5.94. The smallest absolute Gasteiger partial charge is 0.338 e. The van der Waals surface area contributed by atoms with Gasteiger partial charge in [0.05, 0.1) is 18.2 Å². The van der Waals surface area contributed by atoms with Crippen LogP contribution in [-0.4, -0.2) is 36.5 Å². The number of hydrogen-bond donors (Lipinski definition) is 1. The first kappa shape index (κ1) is 19.6. The van der Waals surface area contributed by atoms with Gasteiger partial charge in [-0.05, 0) is 51.2 Å². The van der Waals surface area contributed by atoms with Crippen LogP contribution >= 0.6 is 0 Å². The van der Waals surface area contributed by atoms with Crippen LogP contribution in [0.3, 0.4) is 0 Å². The second-order valence-corrected chi connectivity index (χ2v) is 6.34. The van der Waals surface area contributed by atoms with E-state index in [9.17, 15) is 14.0 Å². The normalized spacial score (nSPS) is 10.8. The Bertz CT molecular complexity index is 760. The standard InChI is InChI=1S/C20H23FN2O3/c1-14(2)26-20(25)15-8-10-17(11-9-15)22-19(24)13-23(3)12-16-6-4-5-7-18(16)21/h4-11,14H,12-13H2,1-3H3,(H,22,24). The van der Waals surface area contributed by atoms with Crippen molar-refractivity contribution in [1.82, 2.24) is 4.90 Å². The number of hydrogen-bond acceptors (Lipinski definition) is 4. The van der Waals surface area contributed by atoms with Crippen LogP contribution < -0.4 is 5.32 Å².